The van der Waals surface area contributed by atoms with Crippen LogP contribution in [0.1, 0.15) is 31.4 Å². The molecule has 1 amide bonds. The van der Waals surface area contributed by atoms with Gasteiger partial charge >= 0.3 is 0 Å². The number of nitrogens with zero attached hydrogens (tertiary/aromatic N) is 3. The minimum absolute atomic E-state index is 0.0299. The zero-order valence-electron chi connectivity index (χ0n) is 23.2. The van der Waals surface area contributed by atoms with E-state index in [-0.39, 0.29) is 5.91 Å². The Labute approximate surface area is 255 Å². The highest BCUT2D eigenvalue weighted by molar-refractivity contribution is 8.07. The minimum atomic E-state index is -0.0299. The van der Waals surface area contributed by atoms with Gasteiger partial charge in [-0.15, -0.1) is 0 Å². The zero-order valence-corrected chi connectivity index (χ0v) is 25.5. The highest BCUT2D eigenvalue weighted by Gasteiger charge is 2.34. The normalized spacial score (nSPS) is 17.7. The number of aromatic nitrogens is 1. The van der Waals surface area contributed by atoms with Gasteiger partial charge in [0.2, 0.25) is 0 Å². The molecule has 41 heavy (non-hydrogen) atoms. The number of hydrogen-bond acceptors (Lipinski definition) is 4. The van der Waals surface area contributed by atoms with Gasteiger partial charge in [-0.2, -0.15) is 0 Å². The second kappa shape index (κ2) is 12.0. The van der Waals surface area contributed by atoms with Crippen LogP contribution in [-0.4, -0.2) is 53.0 Å². The summed E-state index contributed by atoms with van der Waals surface area (Å²) in [5.74, 6) is -0.0299. The summed E-state index contributed by atoms with van der Waals surface area (Å²) in [6.45, 7) is 9.18. The van der Waals surface area contributed by atoms with Gasteiger partial charge in [0.15, 0.2) is 0 Å². The van der Waals surface area contributed by atoms with Crippen LogP contribution in [0.5, 0.6) is 0 Å². The molecule has 3 aromatic carbocycles. The molecule has 1 aromatic heterocycles. The fourth-order valence-corrected chi connectivity index (χ4v) is 7.41. The van der Waals surface area contributed by atoms with Crippen LogP contribution in [-0.2, 0) is 4.79 Å². The molecule has 8 heteroatoms. The maximum atomic E-state index is 13.2. The molecule has 0 saturated carbocycles. The number of benzene rings is 3. The first-order valence-electron chi connectivity index (χ1n) is 14.0. The van der Waals surface area contributed by atoms with Gasteiger partial charge in [0, 0.05) is 51.4 Å². The fraction of sp³-hybridized carbons (Fsp3) is 0.242. The van der Waals surface area contributed by atoms with Crippen molar-refractivity contribution in [1.29, 1.82) is 0 Å². The van der Waals surface area contributed by atoms with E-state index in [4.69, 9.17) is 23.2 Å². The van der Waals surface area contributed by atoms with Crippen LogP contribution >= 0.6 is 35.0 Å². The maximum absolute atomic E-state index is 13.2. The summed E-state index contributed by atoms with van der Waals surface area (Å²) in [4.78, 5) is 19.3. The average molecular weight is 604 g/mol. The van der Waals surface area contributed by atoms with Crippen LogP contribution in [0.2, 0.25) is 10.0 Å². The molecule has 0 atom stereocenters. The highest BCUT2D eigenvalue weighted by Crippen LogP contribution is 2.46. The van der Waals surface area contributed by atoms with Crippen LogP contribution in [0, 0.1) is 0 Å². The third-order valence-electron chi connectivity index (χ3n) is 7.77. The number of amides is 1. The molecule has 0 spiro atoms. The van der Waals surface area contributed by atoms with Crippen molar-refractivity contribution in [2.24, 2.45) is 0 Å². The van der Waals surface area contributed by atoms with E-state index < -0.39 is 0 Å². The number of anilines is 1. The molecule has 0 radical (unpaired) electrons. The number of thioether (sulfide) groups is 1. The molecule has 0 aliphatic carbocycles. The molecule has 2 aliphatic rings. The molecule has 3 heterocycles. The van der Waals surface area contributed by atoms with Gasteiger partial charge < -0.3 is 19.7 Å². The zero-order chi connectivity index (χ0) is 28.5. The maximum Gasteiger partial charge on any atom is 0.259 e. The molecule has 210 valence electrons. The first-order chi connectivity index (χ1) is 20.0. The molecule has 6 rings (SSSR count). The van der Waals surface area contributed by atoms with Gasteiger partial charge in [0.05, 0.1) is 26.8 Å². The second-order valence-electron chi connectivity index (χ2n) is 10.3. The van der Waals surface area contributed by atoms with Gasteiger partial charge in [-0.3, -0.25) is 4.79 Å². The third kappa shape index (κ3) is 5.54. The standard InChI is InChI=1S/C33H32Cl2N4OS/c1-3-37(4-2)16-9-17-38-21-24(41-33(38)31-26-11-5-7-12-28(26)36-32(31)40)18-22-20-39(29-13-8-6-10-25(22)29)30-15-14-23(34)19-27(30)35/h5-8,10-15,18-20H,3-4,9,16-17,21H2,1-2H3,(H,36,40). The lowest BCUT2D eigenvalue weighted by atomic mass is 10.1. The van der Waals surface area contributed by atoms with E-state index in [1.807, 2.05) is 42.5 Å². The van der Waals surface area contributed by atoms with E-state index in [1.54, 1.807) is 17.8 Å². The Morgan fingerprint density at radius 2 is 1.80 bits per heavy atom. The molecule has 1 fully saturated rings. The first-order valence-corrected chi connectivity index (χ1v) is 15.6. The summed E-state index contributed by atoms with van der Waals surface area (Å²) in [6, 6.07) is 21.9. The number of carbonyl (C=O) groups excluding carboxylic acids is 1. The van der Waals surface area contributed by atoms with Crippen LogP contribution in [0.4, 0.5) is 5.69 Å². The third-order valence-corrected chi connectivity index (χ3v) is 9.48. The topological polar surface area (TPSA) is 40.5 Å². The van der Waals surface area contributed by atoms with E-state index >= 15 is 0 Å². The molecule has 0 unspecified atom stereocenters. The van der Waals surface area contributed by atoms with Crippen molar-refractivity contribution in [2.75, 3.05) is 38.0 Å². The number of para-hydroxylation sites is 2. The summed E-state index contributed by atoms with van der Waals surface area (Å²) in [7, 11) is 0. The summed E-state index contributed by atoms with van der Waals surface area (Å²) >= 11 is 14.5. The van der Waals surface area contributed by atoms with E-state index in [0.29, 0.717) is 10.0 Å². The monoisotopic (exact) mass is 602 g/mol. The number of fused-ring (bicyclic) bond motifs is 2. The Balaban J connectivity index is 1.39. The van der Waals surface area contributed by atoms with Gasteiger partial charge in [-0.1, -0.05) is 85.2 Å². The Hall–Kier alpha value is -3.16. The van der Waals surface area contributed by atoms with Gasteiger partial charge in [-0.25, -0.2) is 0 Å². The Bertz CT molecular complexity index is 1690. The molecule has 0 bridgehead atoms. The number of nitrogens with one attached hydrogen (secondary N) is 1. The smallest absolute Gasteiger partial charge is 0.259 e. The average Bonchev–Trinajstić information content (AvgIpc) is 3.64. The summed E-state index contributed by atoms with van der Waals surface area (Å²) in [5, 5.41) is 6.45. The molecule has 5 nitrogen and oxygen atoms in total. The molecule has 4 aromatic rings. The van der Waals surface area contributed by atoms with Gasteiger partial charge in [0.1, 0.15) is 0 Å². The Morgan fingerprint density at radius 1 is 1.02 bits per heavy atom. The Morgan fingerprint density at radius 3 is 2.61 bits per heavy atom. The van der Waals surface area contributed by atoms with E-state index in [0.717, 1.165) is 83.2 Å². The van der Waals surface area contributed by atoms with Crippen molar-refractivity contribution in [3.8, 4) is 5.69 Å². The van der Waals surface area contributed by atoms with Crippen LogP contribution in [0.25, 0.3) is 28.2 Å². The second-order valence-corrected chi connectivity index (χ2v) is 12.2. The number of hydrogen-bond donors (Lipinski definition) is 1. The predicted molar refractivity (Wildman–Crippen MR) is 175 cm³/mol. The molecular formula is C33H32Cl2N4OS. The number of carbonyl (C=O) groups is 1. The predicted octanol–water partition coefficient (Wildman–Crippen LogP) is 8.38. The number of rotatable bonds is 8. The van der Waals surface area contributed by atoms with Crippen LogP contribution in [0.15, 0.2) is 82.9 Å². The van der Waals surface area contributed by atoms with Crippen LogP contribution in [0.3, 0.4) is 0 Å². The van der Waals surface area contributed by atoms with Crippen molar-refractivity contribution in [1.82, 2.24) is 14.4 Å². The lowest BCUT2D eigenvalue weighted by Crippen LogP contribution is -2.28. The summed E-state index contributed by atoms with van der Waals surface area (Å²) in [5.41, 5.74) is 5.70. The van der Waals surface area contributed by atoms with E-state index in [1.165, 1.54) is 4.91 Å². The van der Waals surface area contributed by atoms with Crippen LogP contribution < -0.4 is 5.32 Å². The van der Waals surface area contributed by atoms with Crippen molar-refractivity contribution >= 4 is 69.1 Å². The SMILES string of the molecule is CCN(CC)CCCN1CC(=Cc2cn(-c3ccc(Cl)cc3Cl)c3ccccc23)SC1=C1C(=O)Nc2ccccc21. The first kappa shape index (κ1) is 28.0. The van der Waals surface area contributed by atoms with E-state index in [2.05, 4.69) is 64.0 Å². The minimum Gasteiger partial charge on any atom is -0.361 e. The highest BCUT2D eigenvalue weighted by atomic mass is 35.5. The van der Waals surface area contributed by atoms with Crippen molar-refractivity contribution in [3.05, 3.63) is 104 Å². The molecule has 1 saturated heterocycles. The lowest BCUT2D eigenvalue weighted by molar-refractivity contribution is -0.110. The quantitative estimate of drug-likeness (QED) is 0.206. The molecule has 1 N–H and O–H groups in total. The van der Waals surface area contributed by atoms with Gasteiger partial charge in [-0.05, 0) is 62.5 Å². The number of halogens is 2. The van der Waals surface area contributed by atoms with Crippen molar-refractivity contribution in [2.45, 2.75) is 20.3 Å². The van der Waals surface area contributed by atoms with E-state index in [9.17, 15) is 4.79 Å². The molecular weight excluding hydrogens is 571 g/mol. The summed E-state index contributed by atoms with van der Waals surface area (Å²) < 4.78 is 2.13. The Kier molecular flexibility index (Phi) is 8.18. The van der Waals surface area contributed by atoms with Crippen molar-refractivity contribution in [3.63, 3.8) is 0 Å². The fourth-order valence-electron chi connectivity index (χ4n) is 5.67. The van der Waals surface area contributed by atoms with Gasteiger partial charge in [0.25, 0.3) is 5.91 Å². The summed E-state index contributed by atoms with van der Waals surface area (Å²) in [6.07, 6.45) is 5.43. The largest absolute Gasteiger partial charge is 0.361 e. The molecule has 2 aliphatic heterocycles. The van der Waals surface area contributed by atoms with Crippen molar-refractivity contribution < 1.29 is 4.79 Å². The lowest BCUT2D eigenvalue weighted by Gasteiger charge is -2.23.